The molecular formula is C31H37F2N3O3. The Balaban J connectivity index is 1.93. The maximum atomic E-state index is 14.0. The van der Waals surface area contributed by atoms with E-state index in [1.807, 2.05) is 18.2 Å². The van der Waals surface area contributed by atoms with Crippen molar-refractivity contribution >= 4 is 11.8 Å². The predicted molar refractivity (Wildman–Crippen MR) is 148 cm³/mol. The minimum atomic E-state index is -1.07. The first kappa shape index (κ1) is 29.9. The maximum Gasteiger partial charge on any atom is 0.254 e. The van der Waals surface area contributed by atoms with Gasteiger partial charge in [-0.3, -0.25) is 9.59 Å². The van der Waals surface area contributed by atoms with E-state index in [-0.39, 0.29) is 30.1 Å². The van der Waals surface area contributed by atoms with Crippen molar-refractivity contribution in [1.82, 2.24) is 10.2 Å². The molecule has 4 N–H and O–H groups in total. The lowest BCUT2D eigenvalue weighted by atomic mass is 9.96. The third-order valence-electron chi connectivity index (χ3n) is 6.65. The highest BCUT2D eigenvalue weighted by atomic mass is 19.1. The summed E-state index contributed by atoms with van der Waals surface area (Å²) >= 11 is 0. The number of hydrogen-bond acceptors (Lipinski definition) is 4. The van der Waals surface area contributed by atoms with Crippen molar-refractivity contribution in [3.63, 3.8) is 0 Å². The Hall–Kier alpha value is -3.62. The first-order valence-corrected chi connectivity index (χ1v) is 13.1. The molecule has 0 radical (unpaired) electrons. The van der Waals surface area contributed by atoms with Gasteiger partial charge in [0, 0.05) is 36.3 Å². The van der Waals surface area contributed by atoms with Gasteiger partial charge in [0.05, 0.1) is 12.1 Å². The highest BCUT2D eigenvalue weighted by Gasteiger charge is 2.33. The van der Waals surface area contributed by atoms with Gasteiger partial charge >= 0.3 is 0 Å². The fourth-order valence-corrected chi connectivity index (χ4v) is 4.82. The summed E-state index contributed by atoms with van der Waals surface area (Å²) in [4.78, 5) is 27.2. The van der Waals surface area contributed by atoms with Crippen molar-refractivity contribution in [1.29, 1.82) is 0 Å². The van der Waals surface area contributed by atoms with Crippen LogP contribution in [0.5, 0.6) is 0 Å². The molecule has 0 heterocycles. The predicted octanol–water partition coefficient (Wildman–Crippen LogP) is 4.55. The van der Waals surface area contributed by atoms with Gasteiger partial charge in [0.1, 0.15) is 11.6 Å². The molecule has 6 nitrogen and oxygen atoms in total. The smallest absolute Gasteiger partial charge is 0.254 e. The maximum absolute atomic E-state index is 14.0. The number of aliphatic hydroxyl groups excluding tert-OH is 1. The van der Waals surface area contributed by atoms with Crippen LogP contribution in [0.4, 0.5) is 8.78 Å². The third kappa shape index (κ3) is 8.18. The summed E-state index contributed by atoms with van der Waals surface area (Å²) in [6.07, 6.45) is -0.149. The summed E-state index contributed by atoms with van der Waals surface area (Å²) in [6, 6.07) is 14.8. The van der Waals surface area contributed by atoms with Crippen molar-refractivity contribution in [3.05, 3.63) is 106 Å². The van der Waals surface area contributed by atoms with Crippen molar-refractivity contribution < 1.29 is 23.5 Å². The van der Waals surface area contributed by atoms with E-state index in [0.717, 1.165) is 18.1 Å². The molecule has 0 aliphatic heterocycles. The summed E-state index contributed by atoms with van der Waals surface area (Å²) < 4.78 is 28.1. The Morgan fingerprint density at radius 2 is 1.59 bits per heavy atom. The molecule has 0 saturated heterocycles. The first-order valence-electron chi connectivity index (χ1n) is 13.1. The van der Waals surface area contributed by atoms with Crippen LogP contribution in [0.3, 0.4) is 0 Å². The normalized spacial score (nSPS) is 12.8. The van der Waals surface area contributed by atoms with E-state index in [1.54, 1.807) is 32.9 Å². The van der Waals surface area contributed by atoms with Crippen LogP contribution in [0, 0.1) is 18.6 Å². The Labute approximate surface area is 228 Å². The number of nitrogens with two attached hydrogens (primary N) is 1. The molecule has 2 atom stereocenters. The van der Waals surface area contributed by atoms with E-state index in [9.17, 15) is 23.5 Å². The summed E-state index contributed by atoms with van der Waals surface area (Å²) in [5, 5.41) is 14.6. The average molecular weight is 538 g/mol. The summed E-state index contributed by atoms with van der Waals surface area (Å²) in [5.74, 6) is -2.56. The van der Waals surface area contributed by atoms with Gasteiger partial charge in [-0.15, -0.1) is 0 Å². The number of nitrogens with zero attached hydrogens (tertiary/aromatic N) is 1. The van der Waals surface area contributed by atoms with Gasteiger partial charge in [-0.2, -0.15) is 0 Å². The number of nitrogens with one attached hydrogen (secondary N) is 1. The van der Waals surface area contributed by atoms with Crippen molar-refractivity contribution in [2.75, 3.05) is 6.54 Å². The molecule has 3 aromatic carbocycles. The van der Waals surface area contributed by atoms with Crippen LogP contribution in [-0.2, 0) is 19.4 Å². The molecule has 8 heteroatoms. The van der Waals surface area contributed by atoms with Crippen LogP contribution in [-0.4, -0.2) is 46.6 Å². The van der Waals surface area contributed by atoms with E-state index < -0.39 is 35.6 Å². The van der Waals surface area contributed by atoms with Gasteiger partial charge < -0.3 is 21.1 Å². The zero-order valence-electron chi connectivity index (χ0n) is 22.9. The molecule has 208 valence electrons. The second-order valence-corrected chi connectivity index (χ2v) is 10.2. The van der Waals surface area contributed by atoms with Gasteiger partial charge in [-0.05, 0) is 86.2 Å². The van der Waals surface area contributed by atoms with Gasteiger partial charge in [0.25, 0.3) is 5.91 Å². The molecule has 0 aliphatic carbocycles. The molecule has 0 aromatic heterocycles. The van der Waals surface area contributed by atoms with Gasteiger partial charge in [0.2, 0.25) is 5.91 Å². The first-order chi connectivity index (χ1) is 18.5. The number of carbonyl (C=O) groups is 2. The molecule has 0 saturated carbocycles. The Kier molecular flexibility index (Phi) is 10.3. The monoisotopic (exact) mass is 537 g/mol. The minimum absolute atomic E-state index is 0.0151. The van der Waals surface area contributed by atoms with E-state index in [0.29, 0.717) is 17.7 Å². The lowest BCUT2D eigenvalue weighted by molar-refractivity contribution is 0.0250. The van der Waals surface area contributed by atoms with E-state index in [1.165, 1.54) is 28.7 Å². The Morgan fingerprint density at radius 3 is 2.21 bits per heavy atom. The molecular weight excluding hydrogens is 500 g/mol. The van der Waals surface area contributed by atoms with Crippen molar-refractivity contribution in [2.24, 2.45) is 5.73 Å². The lowest BCUT2D eigenvalue weighted by Crippen LogP contribution is -2.54. The summed E-state index contributed by atoms with van der Waals surface area (Å²) in [6.45, 7) is 8.07. The fourth-order valence-electron chi connectivity index (χ4n) is 4.82. The largest absolute Gasteiger partial charge is 0.390 e. The van der Waals surface area contributed by atoms with E-state index >= 15 is 0 Å². The molecule has 0 aliphatic rings. The van der Waals surface area contributed by atoms with E-state index in [4.69, 9.17) is 5.73 Å². The van der Waals surface area contributed by atoms with Crippen LogP contribution in [0.15, 0.2) is 60.7 Å². The number of amides is 2. The molecule has 0 fully saturated rings. The molecule has 0 spiro atoms. The van der Waals surface area contributed by atoms with Crippen LogP contribution in [0.25, 0.3) is 0 Å². The van der Waals surface area contributed by atoms with Gasteiger partial charge in [-0.1, -0.05) is 31.2 Å². The number of rotatable bonds is 12. The Morgan fingerprint density at radius 1 is 0.949 bits per heavy atom. The van der Waals surface area contributed by atoms with Crippen LogP contribution in [0.1, 0.15) is 63.7 Å². The van der Waals surface area contributed by atoms with Crippen molar-refractivity contribution in [2.45, 2.75) is 65.3 Å². The molecule has 2 amide bonds. The third-order valence-corrected chi connectivity index (χ3v) is 6.65. The van der Waals surface area contributed by atoms with E-state index in [2.05, 4.69) is 18.3 Å². The van der Waals surface area contributed by atoms with Crippen LogP contribution < -0.4 is 11.1 Å². The highest BCUT2D eigenvalue weighted by Crippen LogP contribution is 2.22. The van der Waals surface area contributed by atoms with Crippen molar-refractivity contribution in [3.8, 4) is 0 Å². The number of benzene rings is 3. The van der Waals surface area contributed by atoms with Gasteiger partial charge in [-0.25, -0.2) is 8.78 Å². The quantitative estimate of drug-likeness (QED) is 0.316. The summed E-state index contributed by atoms with van der Waals surface area (Å²) in [7, 11) is 0. The summed E-state index contributed by atoms with van der Waals surface area (Å²) in [5.41, 5.74) is 9.15. The Bertz CT molecular complexity index is 1290. The fraction of sp³-hybridized carbons (Fsp3) is 0.355. The lowest BCUT2D eigenvalue weighted by Gasteiger charge is -2.38. The number of aryl methyl sites for hydroxylation is 2. The van der Waals surface area contributed by atoms with Gasteiger partial charge in [0.15, 0.2) is 0 Å². The van der Waals surface area contributed by atoms with Crippen LogP contribution >= 0.6 is 0 Å². The molecule has 39 heavy (non-hydrogen) atoms. The average Bonchev–Trinajstić information content (AvgIpc) is 2.87. The number of primary amides is 1. The zero-order chi connectivity index (χ0) is 28.7. The standard InChI is InChI=1S/C31H37F2N3O3/c1-5-21-7-6-8-22(11-21)17-35-18-29(37)28(14-23-12-26(32)16-27(33)13-23)36(19(2)3)31(39)25-10-20(4)9-24(15-25)30(34)38/h6-13,15-16,19,28-29,35,37H,5,14,17-18H2,1-4H3,(H2,34,38)/t28-,29+/m0/s1. The second kappa shape index (κ2) is 13.4. The molecule has 3 aromatic rings. The second-order valence-electron chi connectivity index (χ2n) is 10.2. The number of hydrogen-bond donors (Lipinski definition) is 3. The molecule has 0 bridgehead atoms. The number of aliphatic hydroxyl groups is 1. The van der Waals surface area contributed by atoms with Crippen LogP contribution in [0.2, 0.25) is 0 Å². The minimum Gasteiger partial charge on any atom is -0.390 e. The zero-order valence-corrected chi connectivity index (χ0v) is 22.9. The topological polar surface area (TPSA) is 95.7 Å². The molecule has 0 unspecified atom stereocenters. The number of halogens is 2. The SMILES string of the molecule is CCc1cccc(CNC[C@@H](O)[C@H](Cc2cc(F)cc(F)c2)N(C(=O)c2cc(C)cc(C(N)=O)c2)C(C)C)c1. The highest BCUT2D eigenvalue weighted by molar-refractivity contribution is 5.99. The number of carbonyl (C=O) groups excluding carboxylic acids is 2. The molecule has 3 rings (SSSR count).